The van der Waals surface area contributed by atoms with E-state index < -0.39 is 7.59 Å². The fourth-order valence-corrected chi connectivity index (χ4v) is 1.95. The summed E-state index contributed by atoms with van der Waals surface area (Å²) >= 11 is 34.5. The molecule has 0 aromatic carbocycles. The van der Waals surface area contributed by atoms with Crippen molar-refractivity contribution in [1.82, 2.24) is 9.97 Å². The van der Waals surface area contributed by atoms with Gasteiger partial charge in [0.25, 0.3) is 0 Å². The summed E-state index contributed by atoms with van der Waals surface area (Å²) in [6, 6.07) is 6.67. The number of rotatable bonds is 0. The Morgan fingerprint density at radius 2 is 1.06 bits per heavy atom. The van der Waals surface area contributed by atoms with E-state index in [1.165, 1.54) is 0 Å². The van der Waals surface area contributed by atoms with Crippen LogP contribution >= 0.6 is 69.6 Å². The molecule has 0 aliphatic heterocycles. The second-order valence-corrected chi connectivity index (χ2v) is 8.00. The molecule has 2 aromatic heterocycles. The third-order valence-corrected chi connectivity index (χ3v) is 3.30. The maximum atomic E-state index is 5.75. The van der Waals surface area contributed by atoms with Crippen molar-refractivity contribution in [2.45, 2.75) is 7.59 Å². The second-order valence-electron chi connectivity index (χ2n) is 3.44. The molecule has 0 unspecified atom stereocenters. The summed E-state index contributed by atoms with van der Waals surface area (Å²) in [6.07, 6.45) is 0. The average Bonchev–Trinajstić information content (AvgIpc) is 2.25. The molecule has 0 saturated carbocycles. The van der Waals surface area contributed by atoms with Gasteiger partial charge in [-0.05, 0) is 24.3 Å². The van der Waals surface area contributed by atoms with Gasteiger partial charge in [0.2, 0.25) is 7.59 Å². The van der Waals surface area contributed by atoms with Gasteiger partial charge >= 0.3 is 0 Å². The van der Waals surface area contributed by atoms with Crippen LogP contribution in [0, 0.1) is 0 Å². The molecule has 0 radical (unpaired) electrons. The first-order chi connectivity index (χ1) is 8.18. The lowest BCUT2D eigenvalue weighted by atomic mass is 10.2. The van der Waals surface area contributed by atoms with Crippen LogP contribution in [0.2, 0.25) is 0 Å². The van der Waals surface area contributed by atoms with Gasteiger partial charge in [0.1, 0.15) is 0 Å². The van der Waals surface area contributed by atoms with Crippen molar-refractivity contribution in [3.63, 3.8) is 0 Å². The highest BCUT2D eigenvalue weighted by Gasteiger charge is 2.27. The van der Waals surface area contributed by atoms with E-state index in [4.69, 9.17) is 69.6 Å². The number of halogens is 6. The van der Waals surface area contributed by atoms with Crippen molar-refractivity contribution >= 4 is 80.6 Å². The fourth-order valence-electron chi connectivity index (χ4n) is 1.31. The third kappa shape index (κ3) is 3.24. The van der Waals surface area contributed by atoms with Crippen molar-refractivity contribution in [1.29, 1.82) is 0 Å². The van der Waals surface area contributed by atoms with Crippen LogP contribution in [-0.4, -0.2) is 9.97 Å². The van der Waals surface area contributed by atoms with Crippen molar-refractivity contribution in [2.24, 2.45) is 0 Å². The van der Waals surface area contributed by atoms with Crippen molar-refractivity contribution in [2.75, 3.05) is 0 Å². The van der Waals surface area contributed by atoms with Gasteiger partial charge in [0, 0.05) is 5.39 Å². The molecule has 0 fully saturated rings. The van der Waals surface area contributed by atoms with Gasteiger partial charge in [-0.2, -0.15) is 0 Å². The molecule has 0 atom stereocenters. The predicted octanol–water partition coefficient (Wildman–Crippen LogP) is 5.28. The second kappa shape index (κ2) is 5.01. The Labute approximate surface area is 133 Å². The number of hydrogen-bond acceptors (Lipinski definition) is 2. The van der Waals surface area contributed by atoms with E-state index in [1.807, 2.05) is 0 Å². The average molecular weight is 365 g/mol. The third-order valence-electron chi connectivity index (χ3n) is 2.13. The number of fused-ring (bicyclic) bond motifs is 1. The Morgan fingerprint density at radius 1 is 0.667 bits per heavy atom. The quantitative estimate of drug-likeness (QED) is 0.594. The molecule has 0 saturated heterocycles. The molecule has 0 amide bonds. The zero-order valence-electron chi connectivity index (χ0n) is 8.47. The van der Waals surface area contributed by atoms with Gasteiger partial charge in [0.15, 0.2) is 5.65 Å². The van der Waals surface area contributed by atoms with Gasteiger partial charge < -0.3 is 0 Å². The van der Waals surface area contributed by atoms with E-state index in [9.17, 15) is 0 Å². The van der Waals surface area contributed by atoms with Crippen molar-refractivity contribution < 1.29 is 0 Å². The summed E-state index contributed by atoms with van der Waals surface area (Å²) in [5.74, 6) is 0. The number of nitrogens with zero attached hydrogens (tertiary/aromatic N) is 2. The van der Waals surface area contributed by atoms with E-state index >= 15 is 0 Å². The van der Waals surface area contributed by atoms with E-state index in [-0.39, 0.29) is 11.4 Å². The summed E-state index contributed by atoms with van der Waals surface area (Å²) < 4.78 is -3.24. The topological polar surface area (TPSA) is 25.8 Å². The van der Waals surface area contributed by atoms with Crippen LogP contribution < -0.4 is 0 Å². The van der Waals surface area contributed by atoms with Crippen LogP contribution in [0.15, 0.2) is 24.3 Å². The zero-order valence-corrected chi connectivity index (χ0v) is 13.0. The standard InChI is InChI=1S/C10H4Cl6N2/c11-9(12,13)6-3-1-5-2-4-7(10(14,15)16)18-8(5)17-6/h1-4H. The first-order valence-corrected chi connectivity index (χ1v) is 6.87. The highest BCUT2D eigenvalue weighted by molar-refractivity contribution is 6.67. The molecular weight excluding hydrogens is 361 g/mol. The molecule has 0 bridgehead atoms. The van der Waals surface area contributed by atoms with Gasteiger partial charge in [-0.15, -0.1) is 0 Å². The summed E-state index contributed by atoms with van der Waals surface area (Å²) in [7, 11) is 0. The molecule has 0 aliphatic rings. The van der Waals surface area contributed by atoms with E-state index in [2.05, 4.69) is 9.97 Å². The molecule has 2 aromatic rings. The molecule has 0 N–H and O–H groups in total. The smallest absolute Gasteiger partial charge is 0.229 e. The lowest BCUT2D eigenvalue weighted by Gasteiger charge is -2.13. The van der Waals surface area contributed by atoms with Crippen LogP contribution in [0.5, 0.6) is 0 Å². The van der Waals surface area contributed by atoms with Gasteiger partial charge in [0.05, 0.1) is 11.4 Å². The number of pyridine rings is 2. The van der Waals surface area contributed by atoms with Crippen LogP contribution in [0.1, 0.15) is 11.4 Å². The summed E-state index contributed by atoms with van der Waals surface area (Å²) in [5.41, 5.74) is 0.866. The number of alkyl halides is 6. The number of aromatic nitrogens is 2. The molecule has 8 heteroatoms. The Balaban J connectivity index is 2.61. The maximum Gasteiger partial charge on any atom is 0.232 e. The predicted molar refractivity (Wildman–Crippen MR) is 78.0 cm³/mol. The first kappa shape index (κ1) is 14.7. The summed E-state index contributed by atoms with van der Waals surface area (Å²) in [6.45, 7) is 0. The van der Waals surface area contributed by atoms with Crippen LogP contribution in [0.25, 0.3) is 11.0 Å². The fraction of sp³-hybridized carbons (Fsp3) is 0.200. The van der Waals surface area contributed by atoms with Crippen LogP contribution in [0.4, 0.5) is 0 Å². The molecule has 2 rings (SSSR count). The number of hydrogen-bond donors (Lipinski definition) is 0. The van der Waals surface area contributed by atoms with E-state index in [0.29, 0.717) is 5.65 Å². The molecule has 96 valence electrons. The summed E-state index contributed by atoms with van der Waals surface area (Å²) in [5, 5.41) is 0.756. The first-order valence-electron chi connectivity index (χ1n) is 4.60. The lowest BCUT2D eigenvalue weighted by Crippen LogP contribution is -2.07. The summed E-state index contributed by atoms with van der Waals surface area (Å²) in [4.78, 5) is 8.28. The van der Waals surface area contributed by atoms with Crippen LogP contribution in [0.3, 0.4) is 0 Å². The van der Waals surface area contributed by atoms with Gasteiger partial charge in [-0.25, -0.2) is 9.97 Å². The maximum absolute atomic E-state index is 5.75. The SMILES string of the molecule is ClC(Cl)(Cl)c1ccc2ccc(C(Cl)(Cl)Cl)nc2n1. The molecule has 0 spiro atoms. The zero-order chi connectivity index (χ0) is 13.6. The molecule has 18 heavy (non-hydrogen) atoms. The van der Waals surface area contributed by atoms with E-state index in [0.717, 1.165) is 5.39 Å². The Kier molecular flexibility index (Phi) is 4.09. The lowest BCUT2D eigenvalue weighted by molar-refractivity contribution is 1.06. The minimum absolute atomic E-state index is 0.258. The van der Waals surface area contributed by atoms with Crippen molar-refractivity contribution in [3.05, 3.63) is 35.7 Å². The minimum atomic E-state index is -1.62. The van der Waals surface area contributed by atoms with E-state index in [1.54, 1.807) is 24.3 Å². The van der Waals surface area contributed by atoms with Gasteiger partial charge in [-0.1, -0.05) is 69.6 Å². The Morgan fingerprint density at radius 3 is 1.39 bits per heavy atom. The highest BCUT2D eigenvalue weighted by Crippen LogP contribution is 2.39. The normalized spacial score (nSPS) is 13.0. The molecule has 0 aliphatic carbocycles. The van der Waals surface area contributed by atoms with Gasteiger partial charge in [-0.3, -0.25) is 0 Å². The monoisotopic (exact) mass is 362 g/mol. The van der Waals surface area contributed by atoms with Crippen molar-refractivity contribution in [3.8, 4) is 0 Å². The Bertz CT molecular complexity index is 538. The minimum Gasteiger partial charge on any atom is -0.229 e. The highest BCUT2D eigenvalue weighted by atomic mass is 35.6. The largest absolute Gasteiger partial charge is 0.232 e. The molecule has 2 nitrogen and oxygen atoms in total. The Hall–Kier alpha value is 0.300. The molecule has 2 heterocycles. The van der Waals surface area contributed by atoms with Crippen LogP contribution in [-0.2, 0) is 7.59 Å². The molecular formula is C10H4Cl6N2.